The number of guanidine groups is 1. The lowest BCUT2D eigenvalue weighted by atomic mass is 10.2. The molecule has 162 valence electrons. The Morgan fingerprint density at radius 2 is 1.79 bits per heavy atom. The van der Waals surface area contributed by atoms with Crippen LogP contribution in [0.2, 0.25) is 0 Å². The standard InChI is InChI=1S/C20H31N5O3.HI/c1-7-21-20(23-12-18-22-8-9-25(18)13-14(2)3)24-15-10-16(26-4)19(28-6)17(11-15)27-5;/h8-11,14H,7,12-13H2,1-6H3,(H2,21,23,24);1H. The van der Waals surface area contributed by atoms with E-state index >= 15 is 0 Å². The molecule has 0 unspecified atom stereocenters. The van der Waals surface area contributed by atoms with Gasteiger partial charge in [0.15, 0.2) is 17.5 Å². The molecule has 0 saturated heterocycles. The molecule has 9 heteroatoms. The SMILES string of the molecule is CCNC(=NCc1nccn1CC(C)C)Nc1cc(OC)c(OC)c(OC)c1.I. The molecule has 2 rings (SSSR count). The first kappa shape index (κ1) is 24.9. The van der Waals surface area contributed by atoms with E-state index < -0.39 is 0 Å². The normalized spacial score (nSPS) is 11.1. The number of benzene rings is 1. The third kappa shape index (κ3) is 6.98. The van der Waals surface area contributed by atoms with Gasteiger partial charge in [-0.25, -0.2) is 9.98 Å². The van der Waals surface area contributed by atoms with Crippen LogP contribution in [0, 0.1) is 5.92 Å². The van der Waals surface area contributed by atoms with Gasteiger partial charge in [0, 0.05) is 43.3 Å². The number of ether oxygens (including phenoxy) is 3. The zero-order valence-corrected chi connectivity index (χ0v) is 20.3. The smallest absolute Gasteiger partial charge is 0.203 e. The van der Waals surface area contributed by atoms with Gasteiger partial charge >= 0.3 is 0 Å². The Kier molecular flexibility index (Phi) is 10.6. The summed E-state index contributed by atoms with van der Waals surface area (Å²) in [5.74, 6) is 3.82. The van der Waals surface area contributed by atoms with E-state index in [2.05, 4.69) is 39.0 Å². The molecule has 1 heterocycles. The van der Waals surface area contributed by atoms with Crippen LogP contribution in [0.5, 0.6) is 17.2 Å². The molecule has 8 nitrogen and oxygen atoms in total. The predicted octanol–water partition coefficient (Wildman–Crippen LogP) is 3.76. The van der Waals surface area contributed by atoms with Crippen LogP contribution in [-0.2, 0) is 13.1 Å². The molecule has 0 atom stereocenters. The molecular weight excluding hydrogens is 485 g/mol. The van der Waals surface area contributed by atoms with E-state index in [1.807, 2.05) is 31.5 Å². The number of nitrogens with zero attached hydrogens (tertiary/aromatic N) is 3. The summed E-state index contributed by atoms with van der Waals surface area (Å²) in [6, 6.07) is 3.68. The number of methoxy groups -OCH3 is 3. The quantitative estimate of drug-likeness (QED) is 0.300. The minimum atomic E-state index is 0. The van der Waals surface area contributed by atoms with Gasteiger partial charge in [0.05, 0.1) is 21.3 Å². The summed E-state index contributed by atoms with van der Waals surface area (Å²) in [6.07, 6.45) is 3.80. The summed E-state index contributed by atoms with van der Waals surface area (Å²) < 4.78 is 18.3. The largest absolute Gasteiger partial charge is 0.493 e. The Balaban J connectivity index is 0.00000420. The van der Waals surface area contributed by atoms with Crippen molar-refractivity contribution in [3.05, 3.63) is 30.4 Å². The van der Waals surface area contributed by atoms with Gasteiger partial charge in [0.25, 0.3) is 0 Å². The van der Waals surface area contributed by atoms with E-state index in [0.717, 1.165) is 24.6 Å². The lowest BCUT2D eigenvalue weighted by Gasteiger charge is -2.16. The molecule has 0 bridgehead atoms. The Morgan fingerprint density at radius 3 is 2.31 bits per heavy atom. The van der Waals surface area contributed by atoms with Gasteiger partial charge in [-0.05, 0) is 12.8 Å². The molecule has 0 amide bonds. The summed E-state index contributed by atoms with van der Waals surface area (Å²) >= 11 is 0. The van der Waals surface area contributed by atoms with Crippen LogP contribution in [0.25, 0.3) is 0 Å². The second-order valence-electron chi connectivity index (χ2n) is 6.62. The number of hydrogen-bond acceptors (Lipinski definition) is 5. The number of aliphatic imine (C=N–C) groups is 1. The molecule has 0 fully saturated rings. The monoisotopic (exact) mass is 517 g/mol. The van der Waals surface area contributed by atoms with E-state index in [4.69, 9.17) is 14.2 Å². The molecule has 0 aliphatic carbocycles. The third-order valence-electron chi connectivity index (χ3n) is 4.01. The highest BCUT2D eigenvalue weighted by Crippen LogP contribution is 2.39. The van der Waals surface area contributed by atoms with Crippen LogP contribution < -0.4 is 24.8 Å². The zero-order valence-electron chi connectivity index (χ0n) is 18.0. The van der Waals surface area contributed by atoms with E-state index in [-0.39, 0.29) is 24.0 Å². The van der Waals surface area contributed by atoms with Crippen molar-refractivity contribution in [3.63, 3.8) is 0 Å². The molecular formula is C20H32IN5O3. The minimum Gasteiger partial charge on any atom is -0.493 e. The lowest BCUT2D eigenvalue weighted by Crippen LogP contribution is -2.30. The first-order chi connectivity index (χ1) is 13.5. The highest BCUT2D eigenvalue weighted by Gasteiger charge is 2.14. The van der Waals surface area contributed by atoms with E-state index in [1.165, 1.54) is 0 Å². The predicted molar refractivity (Wildman–Crippen MR) is 127 cm³/mol. The number of imidazole rings is 1. The minimum absolute atomic E-state index is 0. The first-order valence-corrected chi connectivity index (χ1v) is 9.37. The molecule has 0 saturated carbocycles. The van der Waals surface area contributed by atoms with E-state index in [1.54, 1.807) is 21.3 Å². The van der Waals surface area contributed by atoms with Crippen LogP contribution in [0.3, 0.4) is 0 Å². The van der Waals surface area contributed by atoms with E-state index in [9.17, 15) is 0 Å². The van der Waals surface area contributed by atoms with Gasteiger partial charge in [-0.3, -0.25) is 0 Å². The van der Waals surface area contributed by atoms with Crippen LogP contribution in [0.4, 0.5) is 5.69 Å². The molecule has 0 radical (unpaired) electrons. The van der Waals surface area contributed by atoms with Crippen molar-refractivity contribution in [2.45, 2.75) is 33.9 Å². The summed E-state index contributed by atoms with van der Waals surface area (Å²) in [4.78, 5) is 9.10. The van der Waals surface area contributed by atoms with Gasteiger partial charge in [-0.2, -0.15) is 0 Å². The number of rotatable bonds is 9. The summed E-state index contributed by atoms with van der Waals surface area (Å²) in [5.41, 5.74) is 0.778. The number of halogens is 1. The number of hydrogen-bond donors (Lipinski definition) is 2. The topological polar surface area (TPSA) is 81.9 Å². The fraction of sp³-hybridized carbons (Fsp3) is 0.500. The summed E-state index contributed by atoms with van der Waals surface area (Å²) in [7, 11) is 4.77. The second kappa shape index (κ2) is 12.4. The Bertz CT molecular complexity index is 767. The average Bonchev–Trinajstić information content (AvgIpc) is 3.11. The lowest BCUT2D eigenvalue weighted by molar-refractivity contribution is 0.324. The third-order valence-corrected chi connectivity index (χ3v) is 4.01. The van der Waals surface area contributed by atoms with Crippen molar-refractivity contribution in [2.24, 2.45) is 10.9 Å². The van der Waals surface area contributed by atoms with Crippen LogP contribution in [0.15, 0.2) is 29.5 Å². The Morgan fingerprint density at radius 1 is 1.14 bits per heavy atom. The van der Waals surface area contributed by atoms with Crippen molar-refractivity contribution in [3.8, 4) is 17.2 Å². The van der Waals surface area contributed by atoms with Gasteiger partial charge < -0.3 is 29.4 Å². The molecule has 1 aromatic carbocycles. The molecule has 0 spiro atoms. The molecule has 0 aliphatic heterocycles. The summed E-state index contributed by atoms with van der Waals surface area (Å²) in [6.45, 7) is 8.51. The van der Waals surface area contributed by atoms with Crippen molar-refractivity contribution in [2.75, 3.05) is 33.2 Å². The summed E-state index contributed by atoms with van der Waals surface area (Å²) in [5, 5.41) is 6.54. The van der Waals surface area contributed by atoms with Gasteiger partial charge in [0.1, 0.15) is 12.4 Å². The van der Waals surface area contributed by atoms with Crippen LogP contribution in [-0.4, -0.2) is 43.4 Å². The maximum Gasteiger partial charge on any atom is 0.203 e. The average molecular weight is 517 g/mol. The number of anilines is 1. The maximum atomic E-state index is 5.41. The van der Waals surface area contributed by atoms with Crippen molar-refractivity contribution >= 4 is 35.6 Å². The Labute approximate surface area is 190 Å². The highest BCUT2D eigenvalue weighted by atomic mass is 127. The fourth-order valence-corrected chi connectivity index (χ4v) is 2.80. The van der Waals surface area contributed by atoms with E-state index in [0.29, 0.717) is 35.7 Å². The molecule has 29 heavy (non-hydrogen) atoms. The van der Waals surface area contributed by atoms with Crippen molar-refractivity contribution in [1.29, 1.82) is 0 Å². The fourth-order valence-electron chi connectivity index (χ4n) is 2.80. The Hall–Kier alpha value is -2.17. The molecule has 1 aromatic heterocycles. The van der Waals surface area contributed by atoms with Crippen molar-refractivity contribution < 1.29 is 14.2 Å². The zero-order chi connectivity index (χ0) is 20.5. The second-order valence-corrected chi connectivity index (χ2v) is 6.62. The molecule has 2 N–H and O–H groups in total. The highest BCUT2D eigenvalue weighted by molar-refractivity contribution is 14.0. The van der Waals surface area contributed by atoms with Gasteiger partial charge in [-0.1, -0.05) is 13.8 Å². The van der Waals surface area contributed by atoms with Gasteiger partial charge in [-0.15, -0.1) is 24.0 Å². The molecule has 0 aliphatic rings. The number of aromatic nitrogens is 2. The van der Waals surface area contributed by atoms with Crippen LogP contribution in [0.1, 0.15) is 26.6 Å². The maximum absolute atomic E-state index is 5.41. The van der Waals surface area contributed by atoms with Crippen LogP contribution >= 0.6 is 24.0 Å². The van der Waals surface area contributed by atoms with Crippen molar-refractivity contribution in [1.82, 2.24) is 14.9 Å². The number of nitrogens with one attached hydrogen (secondary N) is 2. The van der Waals surface area contributed by atoms with Gasteiger partial charge in [0.2, 0.25) is 5.75 Å². The molecule has 2 aromatic rings. The first-order valence-electron chi connectivity index (χ1n) is 9.37.